The maximum Gasteiger partial charge on any atom is 0.315 e. The lowest BCUT2D eigenvalue weighted by atomic mass is 10.1. The number of amides is 2. The van der Waals surface area contributed by atoms with Crippen LogP contribution >= 0.6 is 0 Å². The second-order valence-corrected chi connectivity index (χ2v) is 3.19. The first kappa shape index (κ1) is 10.1. The predicted octanol–water partition coefficient (Wildman–Crippen LogP) is 0.224. The van der Waals surface area contributed by atoms with Gasteiger partial charge in [-0.3, -0.25) is 0 Å². The summed E-state index contributed by atoms with van der Waals surface area (Å²) in [4.78, 5) is 11.2. The van der Waals surface area contributed by atoms with E-state index < -0.39 is 0 Å². The summed E-state index contributed by atoms with van der Waals surface area (Å²) in [6.07, 6.45) is 3.86. The largest absolute Gasteiger partial charge is 0.335 e. The van der Waals surface area contributed by atoms with Crippen molar-refractivity contribution in [3.63, 3.8) is 0 Å². The maximum atomic E-state index is 11.2. The number of rotatable bonds is 3. The Hall–Kier alpha value is -1.03. The van der Waals surface area contributed by atoms with Gasteiger partial charge in [0, 0.05) is 19.1 Å². The van der Waals surface area contributed by atoms with Crippen LogP contribution in [0.5, 0.6) is 0 Å². The van der Waals surface area contributed by atoms with Gasteiger partial charge in [-0.15, -0.1) is 6.58 Å². The standard InChI is InChI=1S/C9H17N3O/c1-2-5-11-9(13)12-8-4-3-6-10-7-8/h2,8,10H,1,3-7H2,(H2,11,12,13). The summed E-state index contributed by atoms with van der Waals surface area (Å²) in [6, 6.07) is 0.173. The molecule has 4 heteroatoms. The van der Waals surface area contributed by atoms with Gasteiger partial charge in [0.25, 0.3) is 0 Å². The van der Waals surface area contributed by atoms with Gasteiger partial charge in [0.1, 0.15) is 0 Å². The molecule has 74 valence electrons. The number of carbonyl (C=O) groups excluding carboxylic acids is 1. The Morgan fingerprint density at radius 1 is 1.69 bits per heavy atom. The lowest BCUT2D eigenvalue weighted by molar-refractivity contribution is 0.235. The van der Waals surface area contributed by atoms with Crippen LogP contribution in [-0.4, -0.2) is 31.7 Å². The number of urea groups is 1. The van der Waals surface area contributed by atoms with Crippen molar-refractivity contribution < 1.29 is 4.79 Å². The molecule has 1 aliphatic rings. The second-order valence-electron chi connectivity index (χ2n) is 3.19. The minimum atomic E-state index is -0.103. The van der Waals surface area contributed by atoms with E-state index in [9.17, 15) is 4.79 Å². The molecule has 0 aromatic rings. The fourth-order valence-electron chi connectivity index (χ4n) is 1.38. The highest BCUT2D eigenvalue weighted by Crippen LogP contribution is 2.00. The monoisotopic (exact) mass is 183 g/mol. The molecule has 0 aliphatic carbocycles. The summed E-state index contributed by atoms with van der Waals surface area (Å²) in [5.41, 5.74) is 0. The first-order chi connectivity index (χ1) is 6.33. The summed E-state index contributed by atoms with van der Waals surface area (Å²) in [6.45, 7) is 5.98. The molecule has 13 heavy (non-hydrogen) atoms. The average molecular weight is 183 g/mol. The molecule has 0 saturated carbocycles. The number of hydrogen-bond donors (Lipinski definition) is 3. The van der Waals surface area contributed by atoms with Crippen LogP contribution in [0.1, 0.15) is 12.8 Å². The van der Waals surface area contributed by atoms with Crippen molar-refractivity contribution in [3.05, 3.63) is 12.7 Å². The molecule has 1 saturated heterocycles. The zero-order chi connectivity index (χ0) is 9.52. The highest BCUT2D eigenvalue weighted by atomic mass is 16.2. The molecule has 4 nitrogen and oxygen atoms in total. The van der Waals surface area contributed by atoms with Crippen LogP contribution in [0.15, 0.2) is 12.7 Å². The van der Waals surface area contributed by atoms with Crippen molar-refractivity contribution in [2.45, 2.75) is 18.9 Å². The van der Waals surface area contributed by atoms with Crippen molar-refractivity contribution in [1.82, 2.24) is 16.0 Å². The molecule has 1 unspecified atom stereocenters. The summed E-state index contributed by atoms with van der Waals surface area (Å²) in [7, 11) is 0. The third kappa shape index (κ3) is 3.94. The van der Waals surface area contributed by atoms with Crippen molar-refractivity contribution in [2.75, 3.05) is 19.6 Å². The number of nitrogens with one attached hydrogen (secondary N) is 3. The zero-order valence-electron chi connectivity index (χ0n) is 7.81. The SMILES string of the molecule is C=CCNC(=O)NC1CCCNC1. The Morgan fingerprint density at radius 2 is 2.54 bits per heavy atom. The minimum absolute atomic E-state index is 0.103. The average Bonchev–Trinajstić information content (AvgIpc) is 2.16. The molecular weight excluding hydrogens is 166 g/mol. The molecule has 1 fully saturated rings. The molecule has 1 aliphatic heterocycles. The predicted molar refractivity (Wildman–Crippen MR) is 52.6 cm³/mol. The van der Waals surface area contributed by atoms with E-state index in [1.807, 2.05) is 0 Å². The Morgan fingerprint density at radius 3 is 3.15 bits per heavy atom. The smallest absolute Gasteiger partial charge is 0.315 e. The Labute approximate surface area is 78.8 Å². The molecule has 1 heterocycles. The van der Waals surface area contributed by atoms with E-state index in [1.54, 1.807) is 6.08 Å². The van der Waals surface area contributed by atoms with Crippen LogP contribution in [0.3, 0.4) is 0 Å². The van der Waals surface area contributed by atoms with Gasteiger partial charge in [-0.1, -0.05) is 6.08 Å². The minimum Gasteiger partial charge on any atom is -0.335 e. The molecule has 0 bridgehead atoms. The van der Waals surface area contributed by atoms with Gasteiger partial charge in [-0.25, -0.2) is 4.79 Å². The zero-order valence-corrected chi connectivity index (χ0v) is 7.81. The van der Waals surface area contributed by atoms with Crippen molar-refractivity contribution in [2.24, 2.45) is 0 Å². The molecular formula is C9H17N3O. The van der Waals surface area contributed by atoms with Gasteiger partial charge < -0.3 is 16.0 Å². The Bertz CT molecular complexity index is 176. The summed E-state index contributed by atoms with van der Waals surface area (Å²) in [5, 5.41) is 8.81. The van der Waals surface area contributed by atoms with Crippen LogP contribution in [-0.2, 0) is 0 Å². The van der Waals surface area contributed by atoms with Crippen molar-refractivity contribution >= 4 is 6.03 Å². The summed E-state index contributed by atoms with van der Waals surface area (Å²) < 4.78 is 0. The molecule has 1 rings (SSSR count). The fourth-order valence-corrected chi connectivity index (χ4v) is 1.38. The van der Waals surface area contributed by atoms with Gasteiger partial charge in [-0.05, 0) is 19.4 Å². The molecule has 0 spiro atoms. The topological polar surface area (TPSA) is 53.2 Å². The summed E-state index contributed by atoms with van der Waals surface area (Å²) >= 11 is 0. The molecule has 1 atom stereocenters. The number of hydrogen-bond acceptors (Lipinski definition) is 2. The fraction of sp³-hybridized carbons (Fsp3) is 0.667. The van der Waals surface area contributed by atoms with Gasteiger partial charge >= 0.3 is 6.03 Å². The van der Waals surface area contributed by atoms with Crippen LogP contribution < -0.4 is 16.0 Å². The molecule has 0 aromatic heterocycles. The first-order valence-electron chi connectivity index (χ1n) is 4.69. The lowest BCUT2D eigenvalue weighted by Gasteiger charge is -2.23. The first-order valence-corrected chi connectivity index (χ1v) is 4.69. The van der Waals surface area contributed by atoms with E-state index >= 15 is 0 Å². The van der Waals surface area contributed by atoms with Crippen LogP contribution in [0, 0.1) is 0 Å². The molecule has 3 N–H and O–H groups in total. The molecule has 0 radical (unpaired) electrons. The lowest BCUT2D eigenvalue weighted by Crippen LogP contribution is -2.49. The van der Waals surface area contributed by atoms with E-state index in [0.29, 0.717) is 6.54 Å². The van der Waals surface area contributed by atoms with E-state index in [4.69, 9.17) is 0 Å². The van der Waals surface area contributed by atoms with Crippen LogP contribution in [0.2, 0.25) is 0 Å². The van der Waals surface area contributed by atoms with Crippen molar-refractivity contribution in [1.29, 1.82) is 0 Å². The second kappa shape index (κ2) is 5.59. The van der Waals surface area contributed by atoms with E-state index in [-0.39, 0.29) is 12.1 Å². The third-order valence-electron chi connectivity index (χ3n) is 2.04. The van der Waals surface area contributed by atoms with Gasteiger partial charge in [0.2, 0.25) is 0 Å². The maximum absolute atomic E-state index is 11.2. The number of carbonyl (C=O) groups is 1. The Kier molecular flexibility index (Phi) is 4.32. The van der Waals surface area contributed by atoms with Crippen LogP contribution in [0.25, 0.3) is 0 Å². The van der Waals surface area contributed by atoms with E-state index in [2.05, 4.69) is 22.5 Å². The normalized spacial score (nSPS) is 22.0. The van der Waals surface area contributed by atoms with Crippen LogP contribution in [0.4, 0.5) is 4.79 Å². The van der Waals surface area contributed by atoms with E-state index in [0.717, 1.165) is 25.9 Å². The number of piperidine rings is 1. The van der Waals surface area contributed by atoms with Crippen molar-refractivity contribution in [3.8, 4) is 0 Å². The van der Waals surface area contributed by atoms with E-state index in [1.165, 1.54) is 0 Å². The summed E-state index contributed by atoms with van der Waals surface area (Å²) in [5.74, 6) is 0. The molecule has 2 amide bonds. The highest BCUT2D eigenvalue weighted by Gasteiger charge is 2.14. The van der Waals surface area contributed by atoms with Gasteiger partial charge in [-0.2, -0.15) is 0 Å². The quantitative estimate of drug-likeness (QED) is 0.548. The molecule has 0 aromatic carbocycles. The van der Waals surface area contributed by atoms with Gasteiger partial charge in [0.15, 0.2) is 0 Å². The Balaban J connectivity index is 2.14. The third-order valence-corrected chi connectivity index (χ3v) is 2.04. The van der Waals surface area contributed by atoms with Gasteiger partial charge in [0.05, 0.1) is 0 Å². The highest BCUT2D eigenvalue weighted by molar-refractivity contribution is 5.74.